The highest BCUT2D eigenvalue weighted by molar-refractivity contribution is 9.10. The van der Waals surface area contributed by atoms with E-state index in [1.807, 2.05) is 4.72 Å². The lowest BCUT2D eigenvalue weighted by molar-refractivity contribution is 0.211. The molecule has 24 heavy (non-hydrogen) atoms. The van der Waals surface area contributed by atoms with Crippen LogP contribution in [0.25, 0.3) is 0 Å². The summed E-state index contributed by atoms with van der Waals surface area (Å²) in [6.07, 6.45) is -0.0328. The van der Waals surface area contributed by atoms with Crippen LogP contribution in [0.1, 0.15) is 5.56 Å². The number of halogens is 3. The highest BCUT2D eigenvalue weighted by Crippen LogP contribution is 2.53. The summed E-state index contributed by atoms with van der Waals surface area (Å²) in [5.74, 6) is -1.27. The maximum absolute atomic E-state index is 13.0. The van der Waals surface area contributed by atoms with Gasteiger partial charge in [-0.3, -0.25) is 9.12 Å². The number of alkyl halides is 2. The molecule has 0 bridgehead atoms. The van der Waals surface area contributed by atoms with E-state index in [9.17, 15) is 13.0 Å². The smallest absolute Gasteiger partial charge is 0.306 e. The molecule has 0 heterocycles. The van der Waals surface area contributed by atoms with Gasteiger partial charge in [0.25, 0.3) is 0 Å². The Hall–Kier alpha value is 0.300. The maximum atomic E-state index is 13.0. The van der Waals surface area contributed by atoms with Crippen molar-refractivity contribution in [2.75, 3.05) is 25.0 Å². The van der Waals surface area contributed by atoms with Crippen LogP contribution in [-0.2, 0) is 30.3 Å². The second-order valence-electron chi connectivity index (χ2n) is 4.52. The van der Waals surface area contributed by atoms with Crippen LogP contribution in [0.5, 0.6) is 0 Å². The minimum absolute atomic E-state index is 0.0328. The standard InChI is InChI=1S/C12H17BrCl2NO6PS/c13-11-3-1-10(2-4-11)9-12(16-24(18,19)20)23(17,21-7-5-14)22-8-6-15/h1-4,12,16H,5-9H2,(H,18,19,20). The van der Waals surface area contributed by atoms with Crippen LogP contribution in [0.2, 0.25) is 0 Å². The summed E-state index contributed by atoms with van der Waals surface area (Å²) < 4.78 is 57.6. The molecule has 0 aromatic heterocycles. The average Bonchev–Trinajstić information content (AvgIpc) is 2.51. The van der Waals surface area contributed by atoms with Crippen LogP contribution in [-0.4, -0.2) is 43.7 Å². The fraction of sp³-hybridized carbons (Fsp3) is 0.500. The summed E-state index contributed by atoms with van der Waals surface area (Å²) in [5.41, 5.74) is 0.656. The Bertz CT molecular complexity index is 648. The Morgan fingerprint density at radius 3 is 2.08 bits per heavy atom. The van der Waals surface area contributed by atoms with Crippen molar-refractivity contribution in [2.24, 2.45) is 0 Å². The molecule has 138 valence electrons. The third-order valence-electron chi connectivity index (χ3n) is 2.71. The zero-order valence-electron chi connectivity index (χ0n) is 12.4. The molecule has 0 amide bonds. The number of nitrogens with one attached hydrogen (secondary N) is 1. The first-order valence-corrected chi connectivity index (χ1v) is 11.6. The van der Waals surface area contributed by atoms with Crippen molar-refractivity contribution in [3.63, 3.8) is 0 Å². The molecule has 0 aliphatic rings. The summed E-state index contributed by atoms with van der Waals surface area (Å²) in [6, 6.07) is 6.89. The lowest BCUT2D eigenvalue weighted by Crippen LogP contribution is -2.37. The van der Waals surface area contributed by atoms with Gasteiger partial charge in [0.05, 0.1) is 13.2 Å². The third-order valence-corrected chi connectivity index (χ3v) is 6.46. The summed E-state index contributed by atoms with van der Waals surface area (Å²) in [4.78, 5) is 0. The van der Waals surface area contributed by atoms with E-state index in [2.05, 4.69) is 15.9 Å². The second kappa shape index (κ2) is 10.4. The van der Waals surface area contributed by atoms with E-state index in [4.69, 9.17) is 36.8 Å². The quantitative estimate of drug-likeness (QED) is 0.283. The first kappa shape index (κ1) is 22.3. The lowest BCUT2D eigenvalue weighted by atomic mass is 10.1. The minimum atomic E-state index is -4.64. The molecule has 1 aromatic carbocycles. The number of hydrogen-bond acceptors (Lipinski definition) is 5. The Morgan fingerprint density at radius 2 is 1.67 bits per heavy atom. The molecule has 0 spiro atoms. The Labute approximate surface area is 159 Å². The Kier molecular flexibility index (Phi) is 9.73. The van der Waals surface area contributed by atoms with Gasteiger partial charge >= 0.3 is 17.9 Å². The highest BCUT2D eigenvalue weighted by atomic mass is 79.9. The number of rotatable bonds is 11. The summed E-state index contributed by atoms with van der Waals surface area (Å²) >= 11 is 14.4. The fourth-order valence-corrected chi connectivity index (χ4v) is 5.31. The summed E-state index contributed by atoms with van der Waals surface area (Å²) in [6.45, 7) is -0.240. The van der Waals surface area contributed by atoms with Gasteiger partial charge < -0.3 is 9.05 Å². The second-order valence-corrected chi connectivity index (χ2v) is 9.60. The van der Waals surface area contributed by atoms with Crippen molar-refractivity contribution in [3.8, 4) is 0 Å². The van der Waals surface area contributed by atoms with Crippen molar-refractivity contribution >= 4 is 57.0 Å². The maximum Gasteiger partial charge on any atom is 0.348 e. The number of benzene rings is 1. The Balaban J connectivity index is 3.10. The van der Waals surface area contributed by atoms with Crippen molar-refractivity contribution in [1.29, 1.82) is 0 Å². The van der Waals surface area contributed by atoms with Crippen LogP contribution in [0.3, 0.4) is 0 Å². The topological polar surface area (TPSA) is 102 Å². The largest absolute Gasteiger partial charge is 0.348 e. The third kappa shape index (κ3) is 8.12. The predicted molar refractivity (Wildman–Crippen MR) is 97.3 cm³/mol. The molecule has 12 heteroatoms. The molecule has 1 aromatic rings. The first-order valence-electron chi connectivity index (χ1n) is 6.70. The van der Waals surface area contributed by atoms with Crippen LogP contribution in [0.4, 0.5) is 0 Å². The van der Waals surface area contributed by atoms with Gasteiger partial charge in [-0.05, 0) is 17.7 Å². The molecule has 0 aliphatic carbocycles. The van der Waals surface area contributed by atoms with Crippen molar-refractivity contribution in [3.05, 3.63) is 34.3 Å². The molecule has 0 fully saturated rings. The predicted octanol–water partition coefficient (Wildman–Crippen LogP) is 3.41. The van der Waals surface area contributed by atoms with E-state index in [1.165, 1.54) is 0 Å². The van der Waals surface area contributed by atoms with E-state index >= 15 is 0 Å². The monoisotopic (exact) mass is 483 g/mol. The fourth-order valence-electron chi connectivity index (χ4n) is 1.77. The van der Waals surface area contributed by atoms with Crippen molar-refractivity contribution in [1.82, 2.24) is 4.72 Å². The zero-order chi connectivity index (χ0) is 18.2. The van der Waals surface area contributed by atoms with Gasteiger partial charge in [0.2, 0.25) is 0 Å². The molecular formula is C12H17BrCl2NO6PS. The molecular weight excluding hydrogens is 468 g/mol. The summed E-state index contributed by atoms with van der Waals surface area (Å²) in [7, 11) is -8.61. The molecule has 0 radical (unpaired) electrons. The van der Waals surface area contributed by atoms with Crippen LogP contribution in [0.15, 0.2) is 28.7 Å². The van der Waals surface area contributed by atoms with E-state index in [1.54, 1.807) is 24.3 Å². The van der Waals surface area contributed by atoms with Gasteiger partial charge in [0, 0.05) is 22.7 Å². The van der Waals surface area contributed by atoms with Gasteiger partial charge in [-0.25, -0.2) is 0 Å². The average molecular weight is 485 g/mol. The van der Waals surface area contributed by atoms with E-state index < -0.39 is 23.7 Å². The van der Waals surface area contributed by atoms with Gasteiger partial charge in [0.1, 0.15) is 5.78 Å². The highest BCUT2D eigenvalue weighted by Gasteiger charge is 2.38. The van der Waals surface area contributed by atoms with Crippen LogP contribution < -0.4 is 4.72 Å². The lowest BCUT2D eigenvalue weighted by Gasteiger charge is -2.26. The molecule has 1 atom stereocenters. The normalized spacial score (nSPS) is 13.8. The van der Waals surface area contributed by atoms with E-state index in [0.29, 0.717) is 5.56 Å². The van der Waals surface area contributed by atoms with Crippen molar-refractivity contribution < 1.29 is 26.6 Å². The summed E-state index contributed by atoms with van der Waals surface area (Å²) in [5, 5.41) is 0. The number of hydrogen-bond donors (Lipinski definition) is 2. The molecule has 0 saturated heterocycles. The SMILES string of the molecule is O=P(OCCCl)(OCCCl)C(Cc1ccc(Br)cc1)NS(=O)(=O)O. The molecule has 7 nitrogen and oxygen atoms in total. The van der Waals surface area contributed by atoms with E-state index in [-0.39, 0.29) is 31.4 Å². The van der Waals surface area contributed by atoms with Gasteiger partial charge in [-0.15, -0.1) is 23.2 Å². The van der Waals surface area contributed by atoms with Gasteiger partial charge in [0.15, 0.2) is 0 Å². The Morgan fingerprint density at radius 1 is 1.17 bits per heavy atom. The van der Waals surface area contributed by atoms with Crippen molar-refractivity contribution in [2.45, 2.75) is 12.2 Å². The van der Waals surface area contributed by atoms with Crippen LogP contribution in [0, 0.1) is 0 Å². The first-order chi connectivity index (χ1) is 11.2. The molecule has 0 aliphatic heterocycles. The van der Waals surface area contributed by atoms with E-state index in [0.717, 1.165) is 4.47 Å². The molecule has 2 N–H and O–H groups in total. The van der Waals surface area contributed by atoms with Crippen LogP contribution >= 0.6 is 46.7 Å². The minimum Gasteiger partial charge on any atom is -0.306 e. The van der Waals surface area contributed by atoms with Gasteiger partial charge in [-0.2, -0.15) is 13.1 Å². The molecule has 1 rings (SSSR count). The zero-order valence-corrected chi connectivity index (χ0v) is 17.2. The van der Waals surface area contributed by atoms with Gasteiger partial charge in [-0.1, -0.05) is 28.1 Å². The molecule has 0 saturated carbocycles. The molecule has 1 unspecified atom stereocenters.